The zero-order valence-corrected chi connectivity index (χ0v) is 18.3. The van der Waals surface area contributed by atoms with Gasteiger partial charge in [0.15, 0.2) is 0 Å². The topological polar surface area (TPSA) is 79.0 Å². The van der Waals surface area contributed by atoms with Crippen LogP contribution in [0.15, 0.2) is 47.8 Å². The molecule has 1 N–H and O–H groups in total. The molecule has 0 bridgehead atoms. The molecule has 0 spiro atoms. The minimum Gasteiger partial charge on any atom is -0.444 e. The second-order valence-electron chi connectivity index (χ2n) is 8.09. The maximum absolute atomic E-state index is 13.3. The number of carbonyl (C=O) groups is 3. The van der Waals surface area contributed by atoms with Gasteiger partial charge in [-0.2, -0.15) is 0 Å². The van der Waals surface area contributed by atoms with Crippen molar-refractivity contribution in [2.75, 3.05) is 26.2 Å². The van der Waals surface area contributed by atoms with E-state index >= 15 is 0 Å². The number of amides is 3. The van der Waals surface area contributed by atoms with E-state index in [1.807, 2.05) is 56.5 Å². The average molecular weight is 430 g/mol. The van der Waals surface area contributed by atoms with Crippen molar-refractivity contribution < 1.29 is 19.1 Å². The molecule has 2 aromatic rings. The van der Waals surface area contributed by atoms with Crippen molar-refractivity contribution in [3.8, 4) is 0 Å². The molecule has 0 saturated carbocycles. The van der Waals surface area contributed by atoms with Crippen LogP contribution in [0, 0.1) is 0 Å². The molecular weight excluding hydrogens is 402 g/mol. The van der Waals surface area contributed by atoms with Gasteiger partial charge in [-0.1, -0.05) is 36.4 Å². The van der Waals surface area contributed by atoms with Gasteiger partial charge in [0.1, 0.15) is 11.6 Å². The normalized spacial score (nSPS) is 15.4. The van der Waals surface area contributed by atoms with Crippen molar-refractivity contribution in [3.05, 3.63) is 58.3 Å². The third-order valence-corrected chi connectivity index (χ3v) is 5.51. The average Bonchev–Trinajstić information content (AvgIpc) is 3.26. The van der Waals surface area contributed by atoms with Gasteiger partial charge in [0.2, 0.25) is 5.91 Å². The minimum absolute atomic E-state index is 0.185. The van der Waals surface area contributed by atoms with Gasteiger partial charge in [0.25, 0.3) is 5.91 Å². The molecule has 0 aliphatic carbocycles. The highest BCUT2D eigenvalue weighted by atomic mass is 32.1. The lowest BCUT2D eigenvalue weighted by molar-refractivity contribution is -0.135. The van der Waals surface area contributed by atoms with Crippen LogP contribution in [0.25, 0.3) is 0 Å². The van der Waals surface area contributed by atoms with Crippen LogP contribution in [-0.2, 0) is 9.53 Å². The van der Waals surface area contributed by atoms with Crippen LogP contribution < -0.4 is 5.32 Å². The van der Waals surface area contributed by atoms with Gasteiger partial charge in [-0.3, -0.25) is 9.59 Å². The molecule has 0 unspecified atom stereocenters. The number of ether oxygens (including phenoxy) is 1. The van der Waals surface area contributed by atoms with Gasteiger partial charge in [-0.15, -0.1) is 11.3 Å². The molecule has 1 aromatic carbocycles. The maximum Gasteiger partial charge on any atom is 0.410 e. The van der Waals surface area contributed by atoms with Crippen molar-refractivity contribution in [1.29, 1.82) is 0 Å². The van der Waals surface area contributed by atoms with Crippen LogP contribution in [0.2, 0.25) is 0 Å². The lowest BCUT2D eigenvalue weighted by Crippen LogP contribution is -2.54. The lowest BCUT2D eigenvalue weighted by Gasteiger charge is -2.37. The summed E-state index contributed by atoms with van der Waals surface area (Å²) in [5.74, 6) is -0.463. The molecule has 8 heteroatoms. The summed E-state index contributed by atoms with van der Waals surface area (Å²) in [7, 11) is 0. The second kappa shape index (κ2) is 9.30. The predicted octanol–water partition coefficient (Wildman–Crippen LogP) is 3.30. The van der Waals surface area contributed by atoms with E-state index in [9.17, 15) is 14.4 Å². The summed E-state index contributed by atoms with van der Waals surface area (Å²) in [4.78, 5) is 42.0. The van der Waals surface area contributed by atoms with Gasteiger partial charge in [0, 0.05) is 26.2 Å². The smallest absolute Gasteiger partial charge is 0.410 e. The molecule has 1 aliphatic rings. The van der Waals surface area contributed by atoms with Crippen molar-refractivity contribution in [2.45, 2.75) is 32.4 Å². The summed E-state index contributed by atoms with van der Waals surface area (Å²) < 4.78 is 5.41. The zero-order valence-electron chi connectivity index (χ0n) is 17.5. The first-order valence-electron chi connectivity index (χ1n) is 9.90. The Morgan fingerprint density at radius 2 is 1.60 bits per heavy atom. The number of hydrogen-bond donors (Lipinski definition) is 1. The summed E-state index contributed by atoms with van der Waals surface area (Å²) in [6, 6.07) is 11.9. The quantitative estimate of drug-likeness (QED) is 0.809. The van der Waals surface area contributed by atoms with E-state index in [1.54, 1.807) is 21.9 Å². The van der Waals surface area contributed by atoms with Crippen LogP contribution >= 0.6 is 11.3 Å². The van der Waals surface area contributed by atoms with Gasteiger partial charge in [-0.05, 0) is 37.8 Å². The molecule has 7 nitrogen and oxygen atoms in total. The molecule has 1 aliphatic heterocycles. The number of piperazine rings is 1. The fourth-order valence-electron chi connectivity index (χ4n) is 3.16. The SMILES string of the molecule is CC(C)(C)OC(=O)N1CCN(C(=O)[C@H](NC(=O)c2cccs2)c2ccccc2)CC1. The van der Waals surface area contributed by atoms with Gasteiger partial charge in [-0.25, -0.2) is 4.79 Å². The molecular formula is C22H27N3O4S. The Kier molecular flexibility index (Phi) is 6.77. The molecule has 1 saturated heterocycles. The van der Waals surface area contributed by atoms with E-state index < -0.39 is 11.6 Å². The van der Waals surface area contributed by atoms with E-state index in [1.165, 1.54) is 11.3 Å². The second-order valence-corrected chi connectivity index (χ2v) is 9.03. The van der Waals surface area contributed by atoms with Gasteiger partial charge in [0.05, 0.1) is 4.88 Å². The Labute approximate surface area is 180 Å². The molecule has 1 atom stereocenters. The Hall–Kier alpha value is -2.87. The summed E-state index contributed by atoms with van der Waals surface area (Å²) in [6.07, 6.45) is -0.375. The van der Waals surface area contributed by atoms with Crippen LogP contribution in [0.3, 0.4) is 0 Å². The van der Waals surface area contributed by atoms with E-state index in [0.29, 0.717) is 31.1 Å². The van der Waals surface area contributed by atoms with Crippen LogP contribution in [0.1, 0.15) is 42.0 Å². The van der Waals surface area contributed by atoms with Crippen LogP contribution in [0.5, 0.6) is 0 Å². The molecule has 1 fully saturated rings. The highest BCUT2D eigenvalue weighted by Crippen LogP contribution is 2.20. The standard InChI is InChI=1S/C22H27N3O4S/c1-22(2,3)29-21(28)25-13-11-24(12-14-25)20(27)18(16-8-5-4-6-9-16)23-19(26)17-10-7-15-30-17/h4-10,15,18H,11-14H2,1-3H3,(H,23,26)/t18-/m1/s1. The Bertz CT molecular complexity index is 870. The number of nitrogens with zero attached hydrogens (tertiary/aromatic N) is 2. The van der Waals surface area contributed by atoms with Crippen molar-refractivity contribution in [2.24, 2.45) is 0 Å². The summed E-state index contributed by atoms with van der Waals surface area (Å²) in [5, 5.41) is 4.70. The third kappa shape index (κ3) is 5.60. The van der Waals surface area contributed by atoms with E-state index in [0.717, 1.165) is 5.56 Å². The largest absolute Gasteiger partial charge is 0.444 e. The van der Waals surface area contributed by atoms with E-state index in [2.05, 4.69) is 5.32 Å². The molecule has 3 rings (SSSR count). The zero-order chi connectivity index (χ0) is 21.7. The fraction of sp³-hybridized carbons (Fsp3) is 0.409. The Balaban J connectivity index is 1.68. The third-order valence-electron chi connectivity index (χ3n) is 4.64. The Morgan fingerprint density at radius 3 is 2.17 bits per heavy atom. The molecule has 3 amide bonds. The monoisotopic (exact) mass is 429 g/mol. The molecule has 0 radical (unpaired) electrons. The number of nitrogens with one attached hydrogen (secondary N) is 1. The van der Waals surface area contributed by atoms with E-state index in [-0.39, 0.29) is 17.9 Å². The lowest BCUT2D eigenvalue weighted by atomic mass is 10.0. The summed E-state index contributed by atoms with van der Waals surface area (Å²) in [6.45, 7) is 7.02. The number of rotatable bonds is 4. The highest BCUT2D eigenvalue weighted by molar-refractivity contribution is 7.12. The summed E-state index contributed by atoms with van der Waals surface area (Å²) in [5.41, 5.74) is 0.163. The number of benzene rings is 1. The minimum atomic E-state index is -0.783. The fourth-order valence-corrected chi connectivity index (χ4v) is 3.79. The van der Waals surface area contributed by atoms with Crippen LogP contribution in [0.4, 0.5) is 4.79 Å². The number of carbonyl (C=O) groups excluding carboxylic acids is 3. The predicted molar refractivity (Wildman–Crippen MR) is 115 cm³/mol. The number of thiophene rings is 1. The first-order valence-corrected chi connectivity index (χ1v) is 10.8. The van der Waals surface area contributed by atoms with Gasteiger partial charge >= 0.3 is 6.09 Å². The maximum atomic E-state index is 13.3. The molecule has 160 valence electrons. The van der Waals surface area contributed by atoms with Crippen LogP contribution in [-0.4, -0.2) is 59.5 Å². The first-order chi connectivity index (χ1) is 14.2. The van der Waals surface area contributed by atoms with Crippen molar-refractivity contribution >= 4 is 29.2 Å². The molecule has 2 heterocycles. The molecule has 30 heavy (non-hydrogen) atoms. The first kappa shape index (κ1) is 21.8. The number of hydrogen-bond acceptors (Lipinski definition) is 5. The van der Waals surface area contributed by atoms with Crippen molar-refractivity contribution in [3.63, 3.8) is 0 Å². The Morgan fingerprint density at radius 1 is 0.967 bits per heavy atom. The summed E-state index contributed by atoms with van der Waals surface area (Å²) >= 11 is 1.33. The van der Waals surface area contributed by atoms with E-state index in [4.69, 9.17) is 4.74 Å². The van der Waals surface area contributed by atoms with Gasteiger partial charge < -0.3 is 19.9 Å². The van der Waals surface area contributed by atoms with Crippen molar-refractivity contribution in [1.82, 2.24) is 15.1 Å². The highest BCUT2D eigenvalue weighted by Gasteiger charge is 2.32. The molecule has 1 aromatic heterocycles.